The van der Waals surface area contributed by atoms with Crippen molar-refractivity contribution in [2.75, 3.05) is 13.2 Å². The first-order valence-electron chi connectivity index (χ1n) is 7.08. The maximum absolute atomic E-state index is 6.00. The Kier molecular flexibility index (Phi) is 10.9. The van der Waals surface area contributed by atoms with Crippen molar-refractivity contribution in [3.05, 3.63) is 48.0 Å². The van der Waals surface area contributed by atoms with Gasteiger partial charge in [0.05, 0.1) is 13.2 Å². The third-order valence-corrected chi connectivity index (χ3v) is 3.31. The highest BCUT2D eigenvalue weighted by atomic mass is 35.5. The summed E-state index contributed by atoms with van der Waals surface area (Å²) < 4.78 is 10.7. The molecule has 0 aromatic heterocycles. The molecule has 0 unspecified atom stereocenters. The van der Waals surface area contributed by atoms with Crippen LogP contribution in [-0.4, -0.2) is 13.2 Å². The molecule has 1 aromatic rings. The molecule has 124 valence electrons. The molecule has 0 saturated heterocycles. The van der Waals surface area contributed by atoms with E-state index in [0.717, 1.165) is 30.5 Å². The highest BCUT2D eigenvalue weighted by molar-refractivity contribution is 7.80. The SMILES string of the molecule is CCOCc1cc2c(OCC)cc1-2.Cl.N#N.Sc1ccccc1. The van der Waals surface area contributed by atoms with Gasteiger partial charge in [-0.25, -0.2) is 0 Å². The second kappa shape index (κ2) is 11.8. The number of hydrogen-bond acceptors (Lipinski definition) is 5. The molecule has 0 atom stereocenters. The molecule has 0 spiro atoms. The molecule has 0 radical (unpaired) electrons. The third kappa shape index (κ3) is 6.11. The van der Waals surface area contributed by atoms with Crippen molar-refractivity contribution in [1.82, 2.24) is 0 Å². The fourth-order valence-corrected chi connectivity index (χ4v) is 2.14. The maximum atomic E-state index is 6.00. The fourth-order valence-electron chi connectivity index (χ4n) is 1.96. The molecule has 0 amide bonds. The van der Waals surface area contributed by atoms with Gasteiger partial charge in [0.25, 0.3) is 0 Å². The molecule has 6 heteroatoms. The molecule has 23 heavy (non-hydrogen) atoms. The molecule has 0 bridgehead atoms. The summed E-state index contributed by atoms with van der Waals surface area (Å²) in [5, 5.41) is 12.0. The quantitative estimate of drug-likeness (QED) is 0.516. The molecule has 0 saturated carbocycles. The Morgan fingerprint density at radius 1 is 0.957 bits per heavy atom. The van der Waals surface area contributed by atoms with Crippen molar-refractivity contribution in [2.24, 2.45) is 0 Å². The second-order valence-corrected chi connectivity index (χ2v) is 4.93. The molecular formula is C17H21ClN2O2S. The molecule has 4 nitrogen and oxygen atoms in total. The highest BCUT2D eigenvalue weighted by Gasteiger charge is 2.23. The van der Waals surface area contributed by atoms with E-state index in [1.165, 1.54) is 16.7 Å². The van der Waals surface area contributed by atoms with Crippen LogP contribution in [0.2, 0.25) is 0 Å². The predicted molar refractivity (Wildman–Crippen MR) is 96.3 cm³/mol. The Labute approximate surface area is 149 Å². The van der Waals surface area contributed by atoms with Crippen molar-refractivity contribution in [2.45, 2.75) is 25.3 Å². The molecule has 2 aliphatic rings. The van der Waals surface area contributed by atoms with Crippen LogP contribution in [0.4, 0.5) is 0 Å². The zero-order valence-electron chi connectivity index (χ0n) is 13.2. The number of ether oxygens (including phenoxy) is 2. The number of rotatable bonds is 5. The van der Waals surface area contributed by atoms with Gasteiger partial charge in [-0.15, -0.1) is 25.0 Å². The summed E-state index contributed by atoms with van der Waals surface area (Å²) in [7, 11) is 0. The van der Waals surface area contributed by atoms with Gasteiger partial charge in [0, 0.05) is 27.9 Å². The minimum Gasteiger partial charge on any atom is -0.493 e. The van der Waals surface area contributed by atoms with Gasteiger partial charge in [-0.1, -0.05) is 18.2 Å². The lowest BCUT2D eigenvalue weighted by atomic mass is 9.85. The number of benzene rings is 2. The standard InChI is InChI=1S/C11H14O2.C6H6S.ClH.N2/c1-3-12-7-8-5-10-9(8)6-11(10)13-4-2;7-6-4-2-1-3-5-6;;1-2/h5-6H,3-4,7H2,1-2H3;1-5,7H;1H;. The van der Waals surface area contributed by atoms with Crippen molar-refractivity contribution in [1.29, 1.82) is 10.8 Å². The first-order valence-corrected chi connectivity index (χ1v) is 7.52. The number of fused-ring (bicyclic) bond motifs is 1. The Morgan fingerprint density at radius 3 is 2.00 bits per heavy atom. The monoisotopic (exact) mass is 352 g/mol. The van der Waals surface area contributed by atoms with E-state index in [1.807, 2.05) is 44.2 Å². The van der Waals surface area contributed by atoms with E-state index in [2.05, 4.69) is 24.8 Å². The third-order valence-electron chi connectivity index (χ3n) is 3.01. The summed E-state index contributed by atoms with van der Waals surface area (Å²) in [6.45, 7) is 6.28. The van der Waals surface area contributed by atoms with Crippen LogP contribution in [0, 0.1) is 10.8 Å². The summed E-state index contributed by atoms with van der Waals surface area (Å²) in [5.41, 5.74) is 3.91. The van der Waals surface area contributed by atoms with E-state index >= 15 is 0 Å². The Hall–Kier alpha value is -1.74. The largest absolute Gasteiger partial charge is 0.493 e. The lowest BCUT2D eigenvalue weighted by molar-refractivity contribution is 0.133. The van der Waals surface area contributed by atoms with Crippen LogP contribution in [0.15, 0.2) is 47.4 Å². The van der Waals surface area contributed by atoms with Crippen LogP contribution in [0.3, 0.4) is 0 Å². The van der Waals surface area contributed by atoms with Gasteiger partial charge in [0.1, 0.15) is 5.75 Å². The zero-order valence-corrected chi connectivity index (χ0v) is 14.9. The van der Waals surface area contributed by atoms with Gasteiger partial charge in [-0.2, -0.15) is 0 Å². The molecule has 0 fully saturated rings. The van der Waals surface area contributed by atoms with Gasteiger partial charge >= 0.3 is 0 Å². The fraction of sp³-hybridized carbons (Fsp3) is 0.294. The Balaban J connectivity index is 0.000000415. The average Bonchev–Trinajstić information content (AvgIpc) is 2.54. The normalized spacial score (nSPS) is 9.26. The summed E-state index contributed by atoms with van der Waals surface area (Å²) in [4.78, 5) is 1.02. The maximum Gasteiger partial charge on any atom is 0.127 e. The molecule has 2 aliphatic carbocycles. The molecule has 3 rings (SSSR count). The van der Waals surface area contributed by atoms with E-state index in [-0.39, 0.29) is 12.4 Å². The number of nitrogens with zero attached hydrogens (tertiary/aromatic N) is 2. The van der Waals surface area contributed by atoms with E-state index < -0.39 is 0 Å². The van der Waals surface area contributed by atoms with E-state index in [1.54, 1.807) is 0 Å². The Morgan fingerprint density at radius 2 is 1.61 bits per heavy atom. The molecule has 0 aliphatic heterocycles. The first-order chi connectivity index (χ1) is 10.8. The van der Waals surface area contributed by atoms with E-state index in [4.69, 9.17) is 20.3 Å². The minimum absolute atomic E-state index is 0. The van der Waals surface area contributed by atoms with Gasteiger partial charge in [-0.05, 0) is 49.2 Å². The van der Waals surface area contributed by atoms with Gasteiger partial charge in [0.2, 0.25) is 0 Å². The highest BCUT2D eigenvalue weighted by Crippen LogP contribution is 2.47. The van der Waals surface area contributed by atoms with Crippen molar-refractivity contribution < 1.29 is 9.47 Å². The van der Waals surface area contributed by atoms with Crippen LogP contribution < -0.4 is 4.74 Å². The summed E-state index contributed by atoms with van der Waals surface area (Å²) in [6, 6.07) is 14.0. The number of halogens is 1. The van der Waals surface area contributed by atoms with Crippen LogP contribution in [0.5, 0.6) is 5.75 Å². The summed E-state index contributed by atoms with van der Waals surface area (Å²) in [6.07, 6.45) is 0. The minimum atomic E-state index is 0. The molecule has 1 aromatic carbocycles. The average molecular weight is 353 g/mol. The second-order valence-electron chi connectivity index (χ2n) is 4.41. The lowest BCUT2D eigenvalue weighted by Gasteiger charge is -2.25. The van der Waals surface area contributed by atoms with Crippen LogP contribution in [0.25, 0.3) is 11.1 Å². The number of hydrogen-bond donors (Lipinski definition) is 1. The van der Waals surface area contributed by atoms with Crippen LogP contribution in [-0.2, 0) is 11.3 Å². The molecule has 0 heterocycles. The summed E-state index contributed by atoms with van der Waals surface area (Å²) in [5.74, 6) is 1.04. The van der Waals surface area contributed by atoms with Crippen molar-refractivity contribution >= 4 is 25.0 Å². The van der Waals surface area contributed by atoms with E-state index in [9.17, 15) is 0 Å². The zero-order chi connectivity index (χ0) is 16.4. The lowest BCUT2D eigenvalue weighted by Crippen LogP contribution is -2.07. The topological polar surface area (TPSA) is 66.0 Å². The summed E-state index contributed by atoms with van der Waals surface area (Å²) >= 11 is 4.08. The van der Waals surface area contributed by atoms with Crippen molar-refractivity contribution in [3.63, 3.8) is 0 Å². The first kappa shape index (κ1) is 21.3. The molecular weight excluding hydrogens is 332 g/mol. The predicted octanol–water partition coefficient (Wildman–Crippen LogP) is 5.03. The van der Waals surface area contributed by atoms with Crippen LogP contribution >= 0.6 is 25.0 Å². The Bertz CT molecular complexity index is 606. The van der Waals surface area contributed by atoms with Crippen LogP contribution in [0.1, 0.15) is 19.4 Å². The number of thiol groups is 1. The van der Waals surface area contributed by atoms with Crippen molar-refractivity contribution in [3.8, 4) is 16.9 Å². The van der Waals surface area contributed by atoms with Gasteiger partial charge < -0.3 is 9.47 Å². The van der Waals surface area contributed by atoms with E-state index in [0.29, 0.717) is 0 Å². The smallest absolute Gasteiger partial charge is 0.127 e. The van der Waals surface area contributed by atoms with Gasteiger partial charge in [-0.3, -0.25) is 0 Å². The van der Waals surface area contributed by atoms with Gasteiger partial charge in [0.15, 0.2) is 0 Å². The molecule has 0 N–H and O–H groups in total.